The van der Waals surface area contributed by atoms with Crippen LogP contribution >= 0.6 is 12.2 Å². The second kappa shape index (κ2) is 10.8. The summed E-state index contributed by atoms with van der Waals surface area (Å²) < 4.78 is 1.99. The molecule has 0 spiro atoms. The van der Waals surface area contributed by atoms with Crippen LogP contribution < -0.4 is 10.6 Å². The fourth-order valence-electron chi connectivity index (χ4n) is 4.72. The van der Waals surface area contributed by atoms with E-state index in [1.165, 1.54) is 12.1 Å². The summed E-state index contributed by atoms with van der Waals surface area (Å²) in [5.74, 6) is -0.104. The summed E-state index contributed by atoms with van der Waals surface area (Å²) >= 11 is 5.75. The third-order valence-electron chi connectivity index (χ3n) is 6.62. The number of hydrogen-bond acceptors (Lipinski definition) is 5. The molecule has 0 bridgehead atoms. The van der Waals surface area contributed by atoms with Crippen LogP contribution in [0.25, 0.3) is 5.69 Å². The maximum atomic E-state index is 12.9. The second-order valence-corrected chi connectivity index (χ2v) is 9.40. The maximum absolute atomic E-state index is 12.9. The highest BCUT2D eigenvalue weighted by molar-refractivity contribution is 7.80. The zero-order chi connectivity index (χ0) is 26.6. The Morgan fingerprint density at radius 1 is 1.08 bits per heavy atom. The van der Waals surface area contributed by atoms with Gasteiger partial charge in [-0.1, -0.05) is 24.3 Å². The molecule has 192 valence electrons. The normalized spacial score (nSPS) is 16.8. The lowest BCUT2D eigenvalue weighted by Gasteiger charge is -2.29. The molecule has 1 aliphatic heterocycles. The molecule has 0 aliphatic carbocycles. The molecule has 1 amide bonds. The number of nitrogens with one attached hydrogen (secondary N) is 2. The van der Waals surface area contributed by atoms with Gasteiger partial charge in [-0.25, -0.2) is 0 Å². The van der Waals surface area contributed by atoms with Crippen LogP contribution in [-0.4, -0.2) is 36.9 Å². The molecule has 1 fully saturated rings. The monoisotopic (exact) mass is 526 g/mol. The van der Waals surface area contributed by atoms with Crippen molar-refractivity contribution in [1.82, 2.24) is 19.8 Å². The van der Waals surface area contributed by atoms with Crippen LogP contribution in [0.2, 0.25) is 0 Å². The molecular weight excluding hydrogens is 500 g/mol. The van der Waals surface area contributed by atoms with E-state index < -0.39 is 4.92 Å². The van der Waals surface area contributed by atoms with Gasteiger partial charge in [-0.15, -0.1) is 0 Å². The Morgan fingerprint density at radius 2 is 1.84 bits per heavy atom. The van der Waals surface area contributed by atoms with Crippen LogP contribution in [0.1, 0.15) is 35.5 Å². The van der Waals surface area contributed by atoms with Gasteiger partial charge in [0.2, 0.25) is 5.91 Å². The topological polar surface area (TPSA) is 105 Å². The Morgan fingerprint density at radius 3 is 2.55 bits per heavy atom. The molecule has 3 heterocycles. The van der Waals surface area contributed by atoms with Crippen molar-refractivity contribution in [3.8, 4) is 5.69 Å². The van der Waals surface area contributed by atoms with Gasteiger partial charge in [0.25, 0.3) is 5.69 Å². The number of hydrogen-bond donors (Lipinski definition) is 2. The zero-order valence-electron chi connectivity index (χ0n) is 20.7. The molecule has 0 radical (unpaired) electrons. The van der Waals surface area contributed by atoms with E-state index in [2.05, 4.69) is 15.6 Å². The third kappa shape index (κ3) is 5.12. The average Bonchev–Trinajstić information content (AvgIpc) is 3.53. The number of carbonyl (C=O) groups is 1. The highest BCUT2D eigenvalue weighted by Gasteiger charge is 2.41. The van der Waals surface area contributed by atoms with E-state index in [0.717, 1.165) is 28.3 Å². The van der Waals surface area contributed by atoms with Gasteiger partial charge < -0.3 is 20.1 Å². The molecule has 2 aromatic carbocycles. The minimum atomic E-state index is -0.416. The van der Waals surface area contributed by atoms with Gasteiger partial charge >= 0.3 is 0 Å². The fraction of sp³-hybridized carbons (Fsp3) is 0.179. The Bertz CT molecular complexity index is 1470. The predicted octanol–water partition coefficient (Wildman–Crippen LogP) is 5.09. The summed E-state index contributed by atoms with van der Waals surface area (Å²) in [6.07, 6.45) is 3.89. The Hall–Kier alpha value is -4.57. The number of benzene rings is 2. The number of nitro benzene ring substituents is 1. The number of carbonyl (C=O) groups excluding carboxylic acids is 1. The largest absolute Gasteiger partial charge is 0.352 e. The number of nitrogens with zero attached hydrogens (tertiary/aromatic N) is 4. The van der Waals surface area contributed by atoms with Crippen molar-refractivity contribution in [2.45, 2.75) is 25.4 Å². The Kier molecular flexibility index (Phi) is 7.14. The van der Waals surface area contributed by atoms with E-state index >= 15 is 0 Å². The van der Waals surface area contributed by atoms with Crippen LogP contribution in [-0.2, 0) is 4.79 Å². The van der Waals surface area contributed by atoms with E-state index in [-0.39, 0.29) is 30.1 Å². The first kappa shape index (κ1) is 25.1. The van der Waals surface area contributed by atoms with Crippen molar-refractivity contribution in [2.75, 3.05) is 11.9 Å². The summed E-state index contributed by atoms with van der Waals surface area (Å²) in [4.78, 5) is 30.2. The van der Waals surface area contributed by atoms with Gasteiger partial charge in [0.05, 0.1) is 22.7 Å². The summed E-state index contributed by atoms with van der Waals surface area (Å²) in [7, 11) is 0. The molecule has 0 unspecified atom stereocenters. The van der Waals surface area contributed by atoms with Gasteiger partial charge in [-0.2, -0.15) is 0 Å². The predicted molar refractivity (Wildman–Crippen MR) is 149 cm³/mol. The van der Waals surface area contributed by atoms with Crippen LogP contribution in [0.3, 0.4) is 0 Å². The molecule has 38 heavy (non-hydrogen) atoms. The number of nitro groups is 1. The van der Waals surface area contributed by atoms with E-state index in [0.29, 0.717) is 11.7 Å². The standard InChI is InChI=1S/C28H26N6O3S/c1-19-7-2-3-8-22(19)30-25(35)15-18-33-27(26(31-28(33)38)23-9-4-5-16-29-23)24-10-6-17-32(24)20-11-13-21(14-12-20)34(36)37/h2-14,16-17,26-27H,15,18H2,1H3,(H,30,35)(H,31,38)/t26-,27-/m1/s1. The van der Waals surface area contributed by atoms with Gasteiger partial charge in [0.1, 0.15) is 0 Å². The van der Waals surface area contributed by atoms with Gasteiger partial charge in [0.15, 0.2) is 5.11 Å². The quantitative estimate of drug-likeness (QED) is 0.187. The number of thiocarbonyl (C=S) groups is 1. The molecular formula is C28H26N6O3S. The first-order valence-electron chi connectivity index (χ1n) is 12.2. The van der Waals surface area contributed by atoms with Crippen LogP contribution in [0, 0.1) is 17.0 Å². The first-order valence-corrected chi connectivity index (χ1v) is 12.6. The highest BCUT2D eigenvalue weighted by atomic mass is 32.1. The molecule has 10 heteroatoms. The Labute approximate surface area is 225 Å². The van der Waals surface area contributed by atoms with E-state index in [1.54, 1.807) is 18.3 Å². The van der Waals surface area contributed by atoms with Crippen LogP contribution in [0.4, 0.5) is 11.4 Å². The van der Waals surface area contributed by atoms with Crippen molar-refractivity contribution in [3.05, 3.63) is 118 Å². The minimum absolute atomic E-state index is 0.0267. The molecule has 4 aromatic rings. The summed E-state index contributed by atoms with van der Waals surface area (Å²) in [6.45, 7) is 2.35. The lowest BCUT2D eigenvalue weighted by atomic mass is 10.0. The average molecular weight is 527 g/mol. The number of amides is 1. The molecule has 2 atom stereocenters. The summed E-state index contributed by atoms with van der Waals surface area (Å²) in [5.41, 5.74) is 4.33. The van der Waals surface area contributed by atoms with Crippen LogP contribution in [0.5, 0.6) is 0 Å². The minimum Gasteiger partial charge on any atom is -0.352 e. The van der Waals surface area contributed by atoms with Crippen LogP contribution in [0.15, 0.2) is 91.3 Å². The second-order valence-electron chi connectivity index (χ2n) is 9.01. The van der Waals surface area contributed by atoms with E-state index in [4.69, 9.17) is 12.2 Å². The van der Waals surface area contributed by atoms with Crippen molar-refractivity contribution < 1.29 is 9.72 Å². The van der Waals surface area contributed by atoms with Gasteiger partial charge in [-0.3, -0.25) is 19.9 Å². The molecule has 5 rings (SSSR count). The summed E-state index contributed by atoms with van der Waals surface area (Å²) in [5, 5.41) is 18.1. The lowest BCUT2D eigenvalue weighted by molar-refractivity contribution is -0.384. The Balaban J connectivity index is 1.45. The van der Waals surface area contributed by atoms with E-state index in [1.807, 2.05) is 77.2 Å². The molecule has 0 saturated carbocycles. The first-order chi connectivity index (χ1) is 18.4. The van der Waals surface area contributed by atoms with Crippen molar-refractivity contribution in [1.29, 1.82) is 0 Å². The number of para-hydroxylation sites is 1. The maximum Gasteiger partial charge on any atom is 0.269 e. The fourth-order valence-corrected chi connectivity index (χ4v) is 5.05. The number of aryl methyl sites for hydroxylation is 1. The molecule has 2 N–H and O–H groups in total. The van der Waals surface area contributed by atoms with Crippen molar-refractivity contribution in [3.63, 3.8) is 0 Å². The number of pyridine rings is 1. The van der Waals surface area contributed by atoms with Gasteiger partial charge in [0, 0.05) is 54.6 Å². The summed E-state index contributed by atoms with van der Waals surface area (Å²) in [6, 6.07) is 23.2. The number of anilines is 1. The molecule has 9 nitrogen and oxygen atoms in total. The molecule has 2 aromatic heterocycles. The van der Waals surface area contributed by atoms with Gasteiger partial charge in [-0.05, 0) is 67.2 Å². The molecule has 1 aliphatic rings. The SMILES string of the molecule is Cc1ccccc1NC(=O)CCN1C(=S)N[C@H](c2ccccn2)[C@H]1c1cccn1-c1ccc([N+](=O)[O-])cc1. The number of aromatic nitrogens is 2. The van der Waals surface area contributed by atoms with Crippen molar-refractivity contribution in [2.24, 2.45) is 0 Å². The zero-order valence-corrected chi connectivity index (χ0v) is 21.5. The molecule has 1 saturated heterocycles. The smallest absolute Gasteiger partial charge is 0.269 e. The number of rotatable bonds is 8. The van der Waals surface area contributed by atoms with Crippen molar-refractivity contribution >= 4 is 34.6 Å². The highest BCUT2D eigenvalue weighted by Crippen LogP contribution is 2.39. The number of non-ortho nitro benzene ring substituents is 1. The third-order valence-corrected chi connectivity index (χ3v) is 6.97. The van der Waals surface area contributed by atoms with E-state index in [9.17, 15) is 14.9 Å². The lowest BCUT2D eigenvalue weighted by Crippen LogP contribution is -2.33.